The van der Waals surface area contributed by atoms with Gasteiger partial charge < -0.3 is 4.90 Å². The molecule has 0 aromatic heterocycles. The molecular weight excluding hydrogens is 174 g/mol. The molecule has 1 aromatic rings. The molecule has 2 unspecified atom stereocenters. The van der Waals surface area contributed by atoms with Gasteiger partial charge in [-0.05, 0) is 24.5 Å². The topological polar surface area (TPSA) is 20.3 Å². The van der Waals surface area contributed by atoms with Crippen molar-refractivity contribution in [2.75, 3.05) is 4.90 Å². The normalized spacial score (nSPS) is 29.2. The van der Waals surface area contributed by atoms with Crippen LogP contribution in [-0.4, -0.2) is 11.9 Å². The molecule has 1 aromatic carbocycles. The Hall–Kier alpha value is -1.31. The standard InChI is InChI=1S/C12H13NO/c1-8-6-10-7-9-4-2-3-5-11(9)13(10)12(8)14/h2-5,8,10H,6-7H2,1H3. The molecule has 3 rings (SSSR count). The van der Waals surface area contributed by atoms with Gasteiger partial charge in [-0.25, -0.2) is 0 Å². The van der Waals surface area contributed by atoms with E-state index in [1.807, 2.05) is 17.9 Å². The van der Waals surface area contributed by atoms with Gasteiger partial charge in [0.1, 0.15) is 0 Å². The first-order valence-corrected chi connectivity index (χ1v) is 5.18. The number of benzene rings is 1. The molecule has 0 radical (unpaired) electrons. The highest BCUT2D eigenvalue weighted by atomic mass is 16.2. The fourth-order valence-corrected chi connectivity index (χ4v) is 2.69. The number of carbonyl (C=O) groups excluding carboxylic acids is 1. The van der Waals surface area contributed by atoms with Gasteiger partial charge in [-0.15, -0.1) is 0 Å². The summed E-state index contributed by atoms with van der Waals surface area (Å²) < 4.78 is 0. The molecule has 2 aliphatic rings. The van der Waals surface area contributed by atoms with Crippen LogP contribution >= 0.6 is 0 Å². The van der Waals surface area contributed by atoms with Gasteiger partial charge in [0.2, 0.25) is 5.91 Å². The summed E-state index contributed by atoms with van der Waals surface area (Å²) in [4.78, 5) is 13.9. The van der Waals surface area contributed by atoms with Gasteiger partial charge in [0.25, 0.3) is 0 Å². The van der Waals surface area contributed by atoms with Crippen LogP contribution < -0.4 is 4.90 Å². The molecule has 2 heterocycles. The first-order chi connectivity index (χ1) is 6.77. The summed E-state index contributed by atoms with van der Waals surface area (Å²) >= 11 is 0. The van der Waals surface area contributed by atoms with Gasteiger partial charge in [0.15, 0.2) is 0 Å². The maximum Gasteiger partial charge on any atom is 0.230 e. The SMILES string of the molecule is CC1CC2Cc3ccccc3N2C1=O. The number of hydrogen-bond donors (Lipinski definition) is 0. The molecule has 0 N–H and O–H groups in total. The van der Waals surface area contributed by atoms with Crippen LogP contribution in [-0.2, 0) is 11.2 Å². The zero-order chi connectivity index (χ0) is 9.71. The first kappa shape index (κ1) is 8.04. The van der Waals surface area contributed by atoms with E-state index < -0.39 is 0 Å². The summed E-state index contributed by atoms with van der Waals surface area (Å²) in [5.41, 5.74) is 2.48. The zero-order valence-corrected chi connectivity index (χ0v) is 8.23. The molecule has 2 heteroatoms. The Morgan fingerprint density at radius 2 is 2.14 bits per heavy atom. The zero-order valence-electron chi connectivity index (χ0n) is 8.23. The lowest BCUT2D eigenvalue weighted by atomic mass is 10.0. The lowest BCUT2D eigenvalue weighted by Crippen LogP contribution is -2.29. The van der Waals surface area contributed by atoms with Crippen molar-refractivity contribution >= 4 is 11.6 Å². The van der Waals surface area contributed by atoms with Gasteiger partial charge in [-0.3, -0.25) is 4.79 Å². The molecule has 0 saturated carbocycles. The Balaban J connectivity index is 2.09. The van der Waals surface area contributed by atoms with Gasteiger partial charge in [-0.2, -0.15) is 0 Å². The van der Waals surface area contributed by atoms with Crippen molar-refractivity contribution in [3.63, 3.8) is 0 Å². The number of para-hydroxylation sites is 1. The Bertz CT molecular complexity index is 399. The molecule has 2 aliphatic heterocycles. The third-order valence-electron chi connectivity index (χ3n) is 3.36. The molecule has 2 atom stereocenters. The minimum absolute atomic E-state index is 0.216. The van der Waals surface area contributed by atoms with Crippen LogP contribution in [0.4, 0.5) is 5.69 Å². The van der Waals surface area contributed by atoms with Crippen LogP contribution in [0.25, 0.3) is 0 Å². The molecule has 72 valence electrons. The van der Waals surface area contributed by atoms with E-state index in [0.29, 0.717) is 11.9 Å². The van der Waals surface area contributed by atoms with Crippen LogP contribution in [0.15, 0.2) is 24.3 Å². The van der Waals surface area contributed by atoms with Crippen LogP contribution in [0.1, 0.15) is 18.9 Å². The maximum absolute atomic E-state index is 11.9. The van der Waals surface area contributed by atoms with E-state index in [0.717, 1.165) is 18.5 Å². The van der Waals surface area contributed by atoms with Gasteiger partial charge in [-0.1, -0.05) is 25.1 Å². The largest absolute Gasteiger partial charge is 0.309 e. The molecule has 1 fully saturated rings. The number of hydrogen-bond acceptors (Lipinski definition) is 1. The van der Waals surface area contributed by atoms with E-state index in [-0.39, 0.29) is 5.92 Å². The first-order valence-electron chi connectivity index (χ1n) is 5.18. The Morgan fingerprint density at radius 1 is 1.36 bits per heavy atom. The Kier molecular flexibility index (Phi) is 1.49. The summed E-state index contributed by atoms with van der Waals surface area (Å²) in [5.74, 6) is 0.522. The van der Waals surface area contributed by atoms with Crippen LogP contribution in [0.3, 0.4) is 0 Å². The lowest BCUT2D eigenvalue weighted by Gasteiger charge is -2.16. The molecule has 0 bridgehead atoms. The highest BCUT2D eigenvalue weighted by Crippen LogP contribution is 2.40. The Morgan fingerprint density at radius 3 is 3.00 bits per heavy atom. The van der Waals surface area contributed by atoms with Gasteiger partial charge >= 0.3 is 0 Å². The Labute approximate surface area is 83.5 Å². The highest BCUT2D eigenvalue weighted by molar-refractivity contribution is 5.99. The van der Waals surface area contributed by atoms with E-state index in [2.05, 4.69) is 18.2 Å². The van der Waals surface area contributed by atoms with Crippen molar-refractivity contribution < 1.29 is 4.79 Å². The van der Waals surface area contributed by atoms with Gasteiger partial charge in [0.05, 0.1) is 0 Å². The van der Waals surface area contributed by atoms with Crippen molar-refractivity contribution in [2.24, 2.45) is 5.92 Å². The quantitative estimate of drug-likeness (QED) is 0.608. The van der Waals surface area contributed by atoms with Crippen LogP contribution in [0, 0.1) is 5.92 Å². The third-order valence-corrected chi connectivity index (χ3v) is 3.36. The van der Waals surface area contributed by atoms with Crippen molar-refractivity contribution in [1.29, 1.82) is 0 Å². The molecular formula is C12H13NO. The van der Waals surface area contributed by atoms with E-state index in [4.69, 9.17) is 0 Å². The van der Waals surface area contributed by atoms with E-state index in [9.17, 15) is 4.79 Å². The average Bonchev–Trinajstić information content (AvgIpc) is 2.65. The van der Waals surface area contributed by atoms with Crippen molar-refractivity contribution in [1.82, 2.24) is 0 Å². The molecule has 1 amide bonds. The number of anilines is 1. The fourth-order valence-electron chi connectivity index (χ4n) is 2.69. The molecule has 1 saturated heterocycles. The average molecular weight is 187 g/mol. The lowest BCUT2D eigenvalue weighted by molar-refractivity contribution is -0.119. The van der Waals surface area contributed by atoms with E-state index in [1.165, 1.54) is 5.56 Å². The third kappa shape index (κ3) is 0.884. The molecule has 2 nitrogen and oxygen atoms in total. The van der Waals surface area contributed by atoms with Gasteiger partial charge in [0, 0.05) is 17.6 Å². The number of fused-ring (bicyclic) bond motifs is 3. The summed E-state index contributed by atoms with van der Waals surface area (Å²) in [5, 5.41) is 0. The number of amides is 1. The molecule has 14 heavy (non-hydrogen) atoms. The van der Waals surface area contributed by atoms with E-state index >= 15 is 0 Å². The van der Waals surface area contributed by atoms with Crippen molar-refractivity contribution in [3.05, 3.63) is 29.8 Å². The monoisotopic (exact) mass is 187 g/mol. The highest BCUT2D eigenvalue weighted by Gasteiger charge is 2.42. The summed E-state index contributed by atoms with van der Waals surface area (Å²) in [6.45, 7) is 2.03. The smallest absolute Gasteiger partial charge is 0.230 e. The van der Waals surface area contributed by atoms with E-state index in [1.54, 1.807) is 0 Å². The minimum Gasteiger partial charge on any atom is -0.309 e. The summed E-state index contributed by atoms with van der Waals surface area (Å²) in [7, 11) is 0. The predicted molar refractivity (Wildman–Crippen MR) is 55.2 cm³/mol. The van der Waals surface area contributed by atoms with Crippen molar-refractivity contribution in [3.8, 4) is 0 Å². The summed E-state index contributed by atoms with van der Waals surface area (Å²) in [6, 6.07) is 8.69. The van der Waals surface area contributed by atoms with Crippen LogP contribution in [0.2, 0.25) is 0 Å². The molecule has 0 aliphatic carbocycles. The molecule has 0 spiro atoms. The van der Waals surface area contributed by atoms with Crippen LogP contribution in [0.5, 0.6) is 0 Å². The number of rotatable bonds is 0. The number of carbonyl (C=O) groups is 1. The second-order valence-electron chi connectivity index (χ2n) is 4.33. The summed E-state index contributed by atoms with van der Waals surface area (Å²) in [6.07, 6.45) is 2.07. The number of nitrogens with zero attached hydrogens (tertiary/aromatic N) is 1. The minimum atomic E-state index is 0.216. The maximum atomic E-state index is 11.9. The second kappa shape index (κ2) is 2.59. The fraction of sp³-hybridized carbons (Fsp3) is 0.417. The second-order valence-corrected chi connectivity index (χ2v) is 4.33. The van der Waals surface area contributed by atoms with Crippen molar-refractivity contribution in [2.45, 2.75) is 25.8 Å². The predicted octanol–water partition coefficient (Wildman–Crippen LogP) is 1.98.